The van der Waals surface area contributed by atoms with Gasteiger partial charge in [-0.25, -0.2) is 9.37 Å². The SMILES string of the molecule is O=C(c1nc2c(C(F)(F)F)cc(-c3ccoc3)cn2c1Cl)N1CCCC(c2cccc(F)c2)C1. The molecule has 34 heavy (non-hydrogen) atoms. The predicted octanol–water partition coefficient (Wildman–Crippen LogP) is 6.43. The highest BCUT2D eigenvalue weighted by Crippen LogP contribution is 2.37. The predicted molar refractivity (Wildman–Crippen MR) is 117 cm³/mol. The molecule has 10 heteroatoms. The molecule has 1 aliphatic heterocycles. The second-order valence-corrected chi connectivity index (χ2v) is 8.60. The Bertz CT molecular complexity index is 1360. The number of likely N-dealkylation sites (tertiary alicyclic amines) is 1. The lowest BCUT2D eigenvalue weighted by molar-refractivity contribution is -0.136. The maximum Gasteiger partial charge on any atom is 0.420 e. The summed E-state index contributed by atoms with van der Waals surface area (Å²) >= 11 is 6.41. The van der Waals surface area contributed by atoms with Crippen LogP contribution in [0, 0.1) is 5.82 Å². The molecule has 0 saturated carbocycles. The van der Waals surface area contributed by atoms with Crippen LogP contribution in [-0.4, -0.2) is 33.3 Å². The standard InChI is InChI=1S/C24H18ClF4N3O2/c25-21-20(23(33)31-7-2-4-15(11-31)14-3-1-5-18(26)9-14)30-22-19(24(27,28)29)10-17(12-32(21)22)16-6-8-34-13-16/h1,3,5-6,8-10,12-13,15H,2,4,7,11H2. The van der Waals surface area contributed by atoms with Gasteiger partial charge in [0.2, 0.25) is 0 Å². The summed E-state index contributed by atoms with van der Waals surface area (Å²) in [5.41, 5.74) is -0.302. The number of carbonyl (C=O) groups excluding carboxylic acids is 1. The molecule has 1 aliphatic rings. The quantitative estimate of drug-likeness (QED) is 0.310. The molecule has 0 radical (unpaired) electrons. The smallest absolute Gasteiger partial charge is 0.420 e. The molecule has 5 nitrogen and oxygen atoms in total. The van der Waals surface area contributed by atoms with Crippen LogP contribution in [0.2, 0.25) is 5.15 Å². The maximum absolute atomic E-state index is 13.9. The topological polar surface area (TPSA) is 50.8 Å². The number of halogens is 5. The van der Waals surface area contributed by atoms with Crippen molar-refractivity contribution in [1.82, 2.24) is 14.3 Å². The van der Waals surface area contributed by atoms with Gasteiger partial charge in [0.05, 0.1) is 18.1 Å². The highest BCUT2D eigenvalue weighted by Gasteiger charge is 2.37. The monoisotopic (exact) mass is 491 g/mol. The van der Waals surface area contributed by atoms with Gasteiger partial charge in [-0.15, -0.1) is 0 Å². The summed E-state index contributed by atoms with van der Waals surface area (Å²) in [6, 6.07) is 8.68. The van der Waals surface area contributed by atoms with Gasteiger partial charge >= 0.3 is 6.18 Å². The Morgan fingerprint density at radius 1 is 1.18 bits per heavy atom. The van der Waals surface area contributed by atoms with Gasteiger partial charge in [0.1, 0.15) is 11.0 Å². The molecule has 1 atom stereocenters. The number of amides is 1. The Morgan fingerprint density at radius 2 is 2.00 bits per heavy atom. The Hall–Kier alpha value is -3.33. The highest BCUT2D eigenvalue weighted by atomic mass is 35.5. The number of carbonyl (C=O) groups is 1. The highest BCUT2D eigenvalue weighted by molar-refractivity contribution is 6.33. The molecule has 4 heterocycles. The van der Waals surface area contributed by atoms with Gasteiger partial charge in [-0.05, 0) is 42.7 Å². The van der Waals surface area contributed by atoms with E-state index in [0.29, 0.717) is 25.1 Å². The molecule has 1 amide bonds. The Morgan fingerprint density at radius 3 is 2.71 bits per heavy atom. The van der Waals surface area contributed by atoms with E-state index in [4.69, 9.17) is 16.0 Å². The normalized spacial score (nSPS) is 16.9. The van der Waals surface area contributed by atoms with Crippen molar-refractivity contribution in [1.29, 1.82) is 0 Å². The number of hydrogen-bond acceptors (Lipinski definition) is 3. The molecule has 1 aromatic carbocycles. The molecule has 0 aliphatic carbocycles. The van der Waals surface area contributed by atoms with Gasteiger partial charge < -0.3 is 9.32 Å². The van der Waals surface area contributed by atoms with Gasteiger partial charge in [0, 0.05) is 36.3 Å². The van der Waals surface area contributed by atoms with E-state index in [1.54, 1.807) is 12.1 Å². The third-order valence-electron chi connectivity index (χ3n) is 6.05. The summed E-state index contributed by atoms with van der Waals surface area (Å²) in [6.45, 7) is 0.695. The number of imidazole rings is 1. The number of rotatable bonds is 3. The van der Waals surface area contributed by atoms with E-state index in [1.807, 2.05) is 0 Å². The minimum absolute atomic E-state index is 0.0948. The Kier molecular flexibility index (Phi) is 5.59. The molecule has 1 fully saturated rings. The first kappa shape index (κ1) is 22.5. The zero-order chi connectivity index (χ0) is 24.0. The van der Waals surface area contributed by atoms with Crippen LogP contribution in [0.25, 0.3) is 16.8 Å². The average molecular weight is 492 g/mol. The maximum atomic E-state index is 13.9. The summed E-state index contributed by atoms with van der Waals surface area (Å²) in [5, 5.41) is -0.205. The van der Waals surface area contributed by atoms with E-state index in [2.05, 4.69) is 4.98 Å². The summed E-state index contributed by atoms with van der Waals surface area (Å²) in [5.74, 6) is -1.02. The molecular weight excluding hydrogens is 474 g/mol. The summed E-state index contributed by atoms with van der Waals surface area (Å²) in [7, 11) is 0. The van der Waals surface area contributed by atoms with Crippen molar-refractivity contribution in [2.45, 2.75) is 24.9 Å². The van der Waals surface area contributed by atoms with Crippen LogP contribution in [0.15, 0.2) is 59.5 Å². The van der Waals surface area contributed by atoms with Gasteiger partial charge in [0.25, 0.3) is 5.91 Å². The molecule has 1 saturated heterocycles. The first-order valence-corrected chi connectivity index (χ1v) is 11.0. The number of alkyl halides is 3. The van der Waals surface area contributed by atoms with Crippen molar-refractivity contribution in [3.8, 4) is 11.1 Å². The van der Waals surface area contributed by atoms with E-state index >= 15 is 0 Å². The van der Waals surface area contributed by atoms with Gasteiger partial charge in [-0.3, -0.25) is 9.20 Å². The van der Waals surface area contributed by atoms with Gasteiger partial charge in [0.15, 0.2) is 11.3 Å². The summed E-state index contributed by atoms with van der Waals surface area (Å²) in [6.07, 6.45) is 0.771. The van der Waals surface area contributed by atoms with Crippen LogP contribution in [0.3, 0.4) is 0 Å². The van der Waals surface area contributed by atoms with Crippen molar-refractivity contribution < 1.29 is 26.8 Å². The number of furan rings is 1. The molecule has 4 aromatic rings. The van der Waals surface area contributed by atoms with E-state index in [1.165, 1.54) is 41.8 Å². The molecule has 176 valence electrons. The van der Waals surface area contributed by atoms with Crippen molar-refractivity contribution in [2.75, 3.05) is 13.1 Å². The van der Waals surface area contributed by atoms with Crippen LogP contribution in [-0.2, 0) is 6.18 Å². The molecule has 0 bridgehead atoms. The third kappa shape index (κ3) is 4.04. The van der Waals surface area contributed by atoms with Crippen LogP contribution < -0.4 is 0 Å². The van der Waals surface area contributed by atoms with Gasteiger partial charge in [-0.2, -0.15) is 13.2 Å². The lowest BCUT2D eigenvalue weighted by Crippen LogP contribution is -2.39. The van der Waals surface area contributed by atoms with E-state index in [-0.39, 0.29) is 28.1 Å². The molecule has 5 rings (SSSR count). The van der Waals surface area contributed by atoms with Crippen molar-refractivity contribution >= 4 is 23.2 Å². The van der Waals surface area contributed by atoms with Crippen LogP contribution in [0.5, 0.6) is 0 Å². The second-order valence-electron chi connectivity index (χ2n) is 8.24. The van der Waals surface area contributed by atoms with Crippen molar-refractivity contribution in [2.24, 2.45) is 0 Å². The number of pyridine rings is 1. The summed E-state index contributed by atoms with van der Waals surface area (Å²) < 4.78 is 61.3. The number of fused-ring (bicyclic) bond motifs is 1. The lowest BCUT2D eigenvalue weighted by Gasteiger charge is -2.32. The molecule has 1 unspecified atom stereocenters. The molecule has 3 aromatic heterocycles. The Balaban J connectivity index is 1.53. The first-order chi connectivity index (χ1) is 16.2. The van der Waals surface area contributed by atoms with Crippen LogP contribution in [0.4, 0.5) is 17.6 Å². The van der Waals surface area contributed by atoms with Crippen molar-refractivity contribution in [3.63, 3.8) is 0 Å². The molecule has 0 spiro atoms. The zero-order valence-corrected chi connectivity index (χ0v) is 18.4. The average Bonchev–Trinajstić information content (AvgIpc) is 3.46. The number of nitrogens with zero attached hydrogens (tertiary/aromatic N) is 3. The molecule has 0 N–H and O–H groups in total. The fourth-order valence-electron chi connectivity index (χ4n) is 4.39. The van der Waals surface area contributed by atoms with Gasteiger partial charge in [-0.1, -0.05) is 23.7 Å². The van der Waals surface area contributed by atoms with Crippen LogP contribution in [0.1, 0.15) is 40.4 Å². The Labute approximate surface area is 196 Å². The zero-order valence-electron chi connectivity index (χ0n) is 17.6. The number of hydrogen-bond donors (Lipinski definition) is 0. The number of aromatic nitrogens is 2. The molecular formula is C24H18ClF4N3O2. The number of piperidine rings is 1. The number of benzene rings is 1. The van der Waals surface area contributed by atoms with Crippen molar-refractivity contribution in [3.05, 3.63) is 82.9 Å². The minimum atomic E-state index is -4.72. The fourth-order valence-corrected chi connectivity index (χ4v) is 4.64. The lowest BCUT2D eigenvalue weighted by atomic mass is 9.90. The van der Waals surface area contributed by atoms with E-state index < -0.39 is 23.3 Å². The summed E-state index contributed by atoms with van der Waals surface area (Å²) in [4.78, 5) is 18.8. The first-order valence-electron chi connectivity index (χ1n) is 10.6. The second kappa shape index (κ2) is 8.47. The minimum Gasteiger partial charge on any atom is -0.472 e. The largest absolute Gasteiger partial charge is 0.472 e. The van der Waals surface area contributed by atoms with E-state index in [0.717, 1.165) is 22.5 Å². The van der Waals surface area contributed by atoms with Crippen LogP contribution >= 0.6 is 11.6 Å². The fraction of sp³-hybridized carbons (Fsp3) is 0.250. The third-order valence-corrected chi connectivity index (χ3v) is 6.41. The van der Waals surface area contributed by atoms with E-state index in [9.17, 15) is 22.4 Å².